The molecular formula is C10H12N2S. The van der Waals surface area contributed by atoms with Crippen molar-refractivity contribution in [3.8, 4) is 11.8 Å². The van der Waals surface area contributed by atoms with Gasteiger partial charge >= 0.3 is 0 Å². The largest absolute Gasteiger partial charge is 0.323 e. The van der Waals surface area contributed by atoms with Gasteiger partial charge in [-0.15, -0.1) is 0 Å². The number of anilines is 1. The molecule has 0 saturated carbocycles. The van der Waals surface area contributed by atoms with E-state index in [0.29, 0.717) is 0 Å². The van der Waals surface area contributed by atoms with Crippen molar-refractivity contribution in [2.24, 2.45) is 5.84 Å². The molecule has 2 nitrogen and oxygen atoms in total. The van der Waals surface area contributed by atoms with Gasteiger partial charge in [-0.05, 0) is 12.1 Å². The van der Waals surface area contributed by atoms with E-state index in [2.05, 4.69) is 29.9 Å². The molecule has 0 amide bonds. The third kappa shape index (κ3) is 3.02. The first-order valence-electron chi connectivity index (χ1n) is 4.04. The molecule has 0 aliphatic rings. The number of thiol groups is 1. The summed E-state index contributed by atoms with van der Waals surface area (Å²) in [6.45, 7) is 0. The Morgan fingerprint density at radius 2 is 2.15 bits per heavy atom. The molecule has 1 aromatic carbocycles. The summed E-state index contributed by atoms with van der Waals surface area (Å²) in [4.78, 5) is 0. The summed E-state index contributed by atoms with van der Waals surface area (Å²) in [6.07, 6.45) is 0.794. The Bertz CT molecular complexity index is 325. The summed E-state index contributed by atoms with van der Waals surface area (Å²) >= 11 is 4.07. The van der Waals surface area contributed by atoms with Crippen molar-refractivity contribution in [3.63, 3.8) is 0 Å². The number of nitrogens with one attached hydrogen (secondary N) is 1. The van der Waals surface area contributed by atoms with E-state index in [1.165, 1.54) is 0 Å². The number of benzene rings is 1. The van der Waals surface area contributed by atoms with E-state index in [1.54, 1.807) is 0 Å². The minimum absolute atomic E-state index is 0.783. The minimum Gasteiger partial charge on any atom is -0.323 e. The molecule has 3 N–H and O–H groups in total. The van der Waals surface area contributed by atoms with Gasteiger partial charge in [0.25, 0.3) is 0 Å². The molecule has 0 saturated heterocycles. The lowest BCUT2D eigenvalue weighted by atomic mass is 10.2. The highest BCUT2D eigenvalue weighted by Crippen LogP contribution is 2.11. The van der Waals surface area contributed by atoms with Crippen molar-refractivity contribution in [1.29, 1.82) is 0 Å². The number of nitrogen functional groups attached to an aromatic ring is 1. The standard InChI is InChI=1S/C10H12N2S/c11-12-10-7-2-1-5-9(10)6-3-4-8-13/h1-2,5,7,12-13H,4,8,11H2. The molecular weight excluding hydrogens is 180 g/mol. The van der Waals surface area contributed by atoms with E-state index < -0.39 is 0 Å². The van der Waals surface area contributed by atoms with Crippen LogP contribution in [0.3, 0.4) is 0 Å². The van der Waals surface area contributed by atoms with Crippen molar-refractivity contribution >= 4 is 18.3 Å². The maximum absolute atomic E-state index is 5.32. The second-order valence-corrected chi connectivity index (χ2v) is 2.91. The molecule has 0 fully saturated rings. The quantitative estimate of drug-likeness (QED) is 0.288. The Hall–Kier alpha value is -1.11. The van der Waals surface area contributed by atoms with E-state index >= 15 is 0 Å². The van der Waals surface area contributed by atoms with Gasteiger partial charge in [-0.3, -0.25) is 5.84 Å². The Balaban J connectivity index is 2.82. The molecule has 0 radical (unpaired) electrons. The van der Waals surface area contributed by atoms with Gasteiger partial charge in [-0.25, -0.2) is 0 Å². The Labute approximate surface area is 83.9 Å². The van der Waals surface area contributed by atoms with E-state index in [4.69, 9.17) is 5.84 Å². The zero-order valence-electron chi connectivity index (χ0n) is 7.25. The Morgan fingerprint density at radius 3 is 2.85 bits per heavy atom. The summed E-state index contributed by atoms with van der Waals surface area (Å²) in [5.74, 6) is 12.1. The molecule has 0 spiro atoms. The van der Waals surface area contributed by atoms with Gasteiger partial charge in [0.2, 0.25) is 0 Å². The van der Waals surface area contributed by atoms with Gasteiger partial charge < -0.3 is 5.43 Å². The molecule has 3 heteroatoms. The number of para-hydroxylation sites is 1. The summed E-state index contributed by atoms with van der Waals surface area (Å²) < 4.78 is 0. The molecule has 68 valence electrons. The molecule has 0 aliphatic heterocycles. The Morgan fingerprint density at radius 1 is 1.38 bits per heavy atom. The summed E-state index contributed by atoms with van der Waals surface area (Å²) in [5, 5.41) is 0. The summed E-state index contributed by atoms with van der Waals surface area (Å²) in [7, 11) is 0. The van der Waals surface area contributed by atoms with Crippen LogP contribution < -0.4 is 11.3 Å². The fraction of sp³-hybridized carbons (Fsp3) is 0.200. The molecule has 0 aliphatic carbocycles. The molecule has 0 aromatic heterocycles. The minimum atomic E-state index is 0.783. The van der Waals surface area contributed by atoms with E-state index in [-0.39, 0.29) is 0 Å². The molecule has 0 unspecified atom stereocenters. The second-order valence-electron chi connectivity index (χ2n) is 2.47. The van der Waals surface area contributed by atoms with Gasteiger partial charge in [-0.2, -0.15) is 12.6 Å². The highest BCUT2D eigenvalue weighted by atomic mass is 32.1. The van der Waals surface area contributed by atoms with E-state index in [1.807, 2.05) is 24.3 Å². The van der Waals surface area contributed by atoms with Crippen LogP contribution in [0.4, 0.5) is 5.69 Å². The molecule has 0 atom stereocenters. The number of nitrogens with two attached hydrogens (primary N) is 1. The van der Waals surface area contributed by atoms with Gasteiger partial charge in [0, 0.05) is 17.7 Å². The highest BCUT2D eigenvalue weighted by Gasteiger charge is 1.93. The van der Waals surface area contributed by atoms with Gasteiger partial charge in [0.05, 0.1) is 5.69 Å². The monoisotopic (exact) mass is 192 g/mol. The number of rotatable bonds is 2. The lowest BCUT2D eigenvalue weighted by molar-refractivity contribution is 1.30. The summed E-state index contributed by atoms with van der Waals surface area (Å²) in [5.41, 5.74) is 4.38. The van der Waals surface area contributed by atoms with E-state index in [9.17, 15) is 0 Å². The highest BCUT2D eigenvalue weighted by molar-refractivity contribution is 7.80. The first-order valence-corrected chi connectivity index (χ1v) is 4.67. The van der Waals surface area contributed by atoms with Crippen LogP contribution in [0.2, 0.25) is 0 Å². The first-order chi connectivity index (χ1) is 6.38. The number of hydrogen-bond donors (Lipinski definition) is 3. The molecule has 0 heterocycles. The maximum Gasteiger partial charge on any atom is 0.0641 e. The average Bonchev–Trinajstić information content (AvgIpc) is 2.19. The van der Waals surface area contributed by atoms with Crippen LogP contribution in [0.1, 0.15) is 12.0 Å². The maximum atomic E-state index is 5.32. The predicted octanol–water partition coefficient (Wildman–Crippen LogP) is 1.64. The van der Waals surface area contributed by atoms with Crippen molar-refractivity contribution in [2.45, 2.75) is 6.42 Å². The predicted molar refractivity (Wildman–Crippen MR) is 59.6 cm³/mol. The smallest absolute Gasteiger partial charge is 0.0641 e. The molecule has 1 rings (SSSR count). The van der Waals surface area contributed by atoms with Crippen LogP contribution in [-0.2, 0) is 0 Å². The second kappa shape index (κ2) is 5.52. The zero-order valence-corrected chi connectivity index (χ0v) is 8.14. The van der Waals surface area contributed by atoms with Gasteiger partial charge in [0.15, 0.2) is 0 Å². The normalized spacial score (nSPS) is 8.77. The van der Waals surface area contributed by atoms with Crippen molar-refractivity contribution in [2.75, 3.05) is 11.2 Å². The Kier molecular flexibility index (Phi) is 4.24. The fourth-order valence-electron chi connectivity index (χ4n) is 0.932. The number of hydrogen-bond acceptors (Lipinski definition) is 3. The van der Waals surface area contributed by atoms with Crippen molar-refractivity contribution < 1.29 is 0 Å². The van der Waals surface area contributed by atoms with Crippen molar-refractivity contribution in [3.05, 3.63) is 29.8 Å². The SMILES string of the molecule is NNc1ccccc1C#CCCS. The first kappa shape index (κ1) is 9.97. The van der Waals surface area contributed by atoms with Crippen LogP contribution in [0.5, 0.6) is 0 Å². The fourth-order valence-corrected chi connectivity index (χ4v) is 1.04. The lowest BCUT2D eigenvalue weighted by Crippen LogP contribution is -2.07. The lowest BCUT2D eigenvalue weighted by Gasteiger charge is -2.01. The summed E-state index contributed by atoms with van der Waals surface area (Å²) in [6, 6.07) is 7.68. The van der Waals surface area contributed by atoms with Gasteiger partial charge in [-0.1, -0.05) is 24.0 Å². The molecule has 1 aromatic rings. The van der Waals surface area contributed by atoms with E-state index in [0.717, 1.165) is 23.4 Å². The third-order valence-electron chi connectivity index (χ3n) is 1.54. The van der Waals surface area contributed by atoms with Gasteiger partial charge in [0.1, 0.15) is 0 Å². The van der Waals surface area contributed by atoms with Crippen LogP contribution >= 0.6 is 12.6 Å². The molecule has 13 heavy (non-hydrogen) atoms. The van der Waals surface area contributed by atoms with Crippen molar-refractivity contribution in [1.82, 2.24) is 0 Å². The third-order valence-corrected chi connectivity index (χ3v) is 1.77. The average molecular weight is 192 g/mol. The van der Waals surface area contributed by atoms with Crippen LogP contribution in [0.15, 0.2) is 24.3 Å². The van der Waals surface area contributed by atoms with Crippen LogP contribution in [0, 0.1) is 11.8 Å². The topological polar surface area (TPSA) is 38.0 Å². The molecule has 0 bridgehead atoms. The number of hydrazine groups is 1. The zero-order chi connectivity index (χ0) is 9.52. The van der Waals surface area contributed by atoms with Crippen LogP contribution in [0.25, 0.3) is 0 Å². The van der Waals surface area contributed by atoms with Crippen LogP contribution in [-0.4, -0.2) is 5.75 Å².